The molecule has 10 heteroatoms. The lowest BCUT2D eigenvalue weighted by molar-refractivity contribution is -0.134. The monoisotopic (exact) mass is 565 g/mol. The minimum atomic E-state index is -4.16. The van der Waals surface area contributed by atoms with Crippen LogP contribution in [0.25, 0.3) is 0 Å². The number of likely N-dealkylation sites (tertiary alicyclic amines) is 1. The number of ether oxygens (including phenoxy) is 1. The Balaban J connectivity index is 0.00000326. The highest BCUT2D eigenvalue weighted by molar-refractivity contribution is 7.85. The van der Waals surface area contributed by atoms with Gasteiger partial charge in [0.15, 0.2) is 0 Å². The number of rotatable bonds is 13. The van der Waals surface area contributed by atoms with E-state index in [1.165, 1.54) is 0 Å². The molecule has 1 aromatic carbocycles. The summed E-state index contributed by atoms with van der Waals surface area (Å²) in [6.07, 6.45) is -2.56. The lowest BCUT2D eigenvalue weighted by Gasteiger charge is -2.40. The number of nitrogens with two attached hydrogens (primary N) is 1. The van der Waals surface area contributed by atoms with Crippen molar-refractivity contribution in [2.75, 3.05) is 46.9 Å². The van der Waals surface area contributed by atoms with Gasteiger partial charge in [-0.25, -0.2) is 8.51 Å². The summed E-state index contributed by atoms with van der Waals surface area (Å²) >= 11 is 0. The van der Waals surface area contributed by atoms with Crippen LogP contribution in [0, 0.1) is 0 Å². The number of halogens is 3. The van der Waals surface area contributed by atoms with E-state index in [1.54, 1.807) is 30.6 Å². The molecule has 1 heterocycles. The number of primary amides is 1. The molecule has 1 aromatic rings. The number of hydrogen-bond donors (Lipinski definition) is 1. The smallest absolute Gasteiger partial charge is 0.383 e. The number of hydrogen-bond acceptors (Lipinski definition) is 4. The van der Waals surface area contributed by atoms with E-state index < -0.39 is 34.2 Å². The molecule has 38 heavy (non-hydrogen) atoms. The van der Waals surface area contributed by atoms with Crippen molar-refractivity contribution < 1.29 is 26.9 Å². The Bertz CT molecular complexity index is 799. The number of amides is 1. The molecule has 0 aromatic heterocycles. The molecule has 1 saturated heterocycles. The minimum absolute atomic E-state index is 0.0274. The van der Waals surface area contributed by atoms with Crippen molar-refractivity contribution in [1.29, 1.82) is 0 Å². The van der Waals surface area contributed by atoms with Gasteiger partial charge in [0.2, 0.25) is 5.91 Å². The van der Waals surface area contributed by atoms with Crippen LogP contribution in [0.1, 0.15) is 83.8 Å². The topological polar surface area (TPSA) is 75.9 Å². The van der Waals surface area contributed by atoms with Crippen molar-refractivity contribution >= 4 is 16.9 Å². The van der Waals surface area contributed by atoms with Crippen LogP contribution in [-0.4, -0.2) is 77.2 Å². The van der Waals surface area contributed by atoms with E-state index >= 15 is 0 Å². The first-order valence-electron chi connectivity index (χ1n) is 13.8. The Labute approximate surface area is 231 Å². The maximum absolute atomic E-state index is 13.4. The molecule has 0 bridgehead atoms. The van der Waals surface area contributed by atoms with E-state index in [1.807, 2.05) is 39.8 Å². The van der Waals surface area contributed by atoms with Crippen molar-refractivity contribution in [3.63, 3.8) is 0 Å². The van der Waals surface area contributed by atoms with Gasteiger partial charge in [-0.2, -0.15) is 13.2 Å². The standard InChI is InChI=1S/C24H38F3N3O3S.2C2H6/c1-4-20(21-7-5-19(6-8-21)9-11-24(25,26)27)10-14-29(2)34(32)23(22(28)31)12-15-30(16-13-23)17-18-33-3;2*1-2/h5-8,20H,4,9-18H2,1-3H3,(H2,28,31);2*1-2H3. The first-order valence-corrected chi connectivity index (χ1v) is 14.9. The van der Waals surface area contributed by atoms with Crippen molar-refractivity contribution in [3.05, 3.63) is 35.4 Å². The van der Waals surface area contributed by atoms with Crippen molar-refractivity contribution in [2.24, 2.45) is 5.73 Å². The van der Waals surface area contributed by atoms with Gasteiger partial charge in [-0.15, -0.1) is 0 Å². The predicted molar refractivity (Wildman–Crippen MR) is 151 cm³/mol. The Morgan fingerprint density at radius 3 is 2.16 bits per heavy atom. The summed E-state index contributed by atoms with van der Waals surface area (Å²) in [6.45, 7) is 13.2. The molecule has 2 N–H and O–H groups in total. The molecular weight excluding hydrogens is 515 g/mol. The lowest BCUT2D eigenvalue weighted by Crippen LogP contribution is -2.58. The summed E-state index contributed by atoms with van der Waals surface area (Å²) < 4.78 is 56.6. The van der Waals surface area contributed by atoms with Gasteiger partial charge in [-0.1, -0.05) is 58.9 Å². The van der Waals surface area contributed by atoms with Crippen molar-refractivity contribution in [2.45, 2.75) is 90.0 Å². The fraction of sp³-hybridized carbons (Fsp3) is 0.750. The Hall–Kier alpha value is -1.49. The molecule has 0 aliphatic carbocycles. The third-order valence-electron chi connectivity index (χ3n) is 6.78. The molecule has 0 spiro atoms. The van der Waals surface area contributed by atoms with Gasteiger partial charge in [-0.3, -0.25) is 4.79 Å². The third kappa shape index (κ3) is 11.7. The summed E-state index contributed by atoms with van der Waals surface area (Å²) in [7, 11) is 1.85. The second kappa shape index (κ2) is 18.7. The van der Waals surface area contributed by atoms with Gasteiger partial charge >= 0.3 is 6.18 Å². The van der Waals surface area contributed by atoms with E-state index in [-0.39, 0.29) is 12.3 Å². The van der Waals surface area contributed by atoms with Gasteiger partial charge < -0.3 is 15.4 Å². The molecule has 0 radical (unpaired) electrons. The summed E-state index contributed by atoms with van der Waals surface area (Å²) in [5, 5.41) is 0. The van der Waals surface area contributed by atoms with Crippen LogP contribution < -0.4 is 5.73 Å². The third-order valence-corrected chi connectivity index (χ3v) is 8.80. The van der Waals surface area contributed by atoms with E-state index in [4.69, 9.17) is 10.5 Å². The van der Waals surface area contributed by atoms with Gasteiger partial charge in [0.25, 0.3) is 0 Å². The molecule has 2 atom stereocenters. The zero-order valence-electron chi connectivity index (χ0n) is 24.4. The van der Waals surface area contributed by atoms with E-state index in [0.29, 0.717) is 44.6 Å². The van der Waals surface area contributed by atoms with Crippen LogP contribution in [0.15, 0.2) is 24.3 Å². The molecule has 1 amide bonds. The highest BCUT2D eigenvalue weighted by atomic mass is 32.2. The molecular formula is C28H50F3N3O3S. The maximum atomic E-state index is 13.4. The molecule has 0 saturated carbocycles. The van der Waals surface area contributed by atoms with Crippen LogP contribution >= 0.6 is 0 Å². The SMILES string of the molecule is CC.CC.CCC(CCN(C)S(=O)C1(C(N)=O)CCN(CCOC)CC1)c1ccc(CCC(F)(F)F)cc1. The number of nitrogens with zero attached hydrogens (tertiary/aromatic N) is 2. The van der Waals surface area contributed by atoms with Crippen LogP contribution in [-0.2, 0) is 26.9 Å². The molecule has 2 unspecified atom stereocenters. The number of benzene rings is 1. The first kappa shape index (κ1) is 36.5. The van der Waals surface area contributed by atoms with Crippen LogP contribution in [0.2, 0.25) is 0 Å². The number of piperidine rings is 1. The molecule has 1 aliphatic heterocycles. The quantitative estimate of drug-likeness (QED) is 0.334. The molecule has 2 rings (SSSR count). The summed E-state index contributed by atoms with van der Waals surface area (Å²) in [6, 6.07) is 7.28. The summed E-state index contributed by atoms with van der Waals surface area (Å²) in [5.74, 6) is -0.345. The van der Waals surface area contributed by atoms with E-state index in [2.05, 4.69) is 11.8 Å². The zero-order chi connectivity index (χ0) is 29.4. The molecule has 1 fully saturated rings. The van der Waals surface area contributed by atoms with Crippen molar-refractivity contribution in [3.8, 4) is 0 Å². The van der Waals surface area contributed by atoms with Gasteiger partial charge in [0.05, 0.1) is 6.61 Å². The predicted octanol–water partition coefficient (Wildman–Crippen LogP) is 5.68. The highest BCUT2D eigenvalue weighted by Gasteiger charge is 2.47. The first-order chi connectivity index (χ1) is 18.0. The minimum Gasteiger partial charge on any atom is -0.383 e. The maximum Gasteiger partial charge on any atom is 0.389 e. The second-order valence-electron chi connectivity index (χ2n) is 9.04. The molecule has 222 valence electrons. The summed E-state index contributed by atoms with van der Waals surface area (Å²) in [5.41, 5.74) is 7.46. The Morgan fingerprint density at radius 2 is 1.71 bits per heavy atom. The second-order valence-corrected chi connectivity index (χ2v) is 10.9. The van der Waals surface area contributed by atoms with Gasteiger partial charge in [0.1, 0.15) is 15.7 Å². The fourth-order valence-electron chi connectivity index (χ4n) is 4.43. The van der Waals surface area contributed by atoms with Gasteiger partial charge in [0, 0.05) is 39.7 Å². The lowest BCUT2D eigenvalue weighted by atomic mass is 9.92. The van der Waals surface area contributed by atoms with Crippen molar-refractivity contribution in [1.82, 2.24) is 9.21 Å². The number of aryl methyl sites for hydroxylation is 1. The Kier molecular flexibility index (Phi) is 18.0. The zero-order valence-corrected chi connectivity index (χ0v) is 25.2. The normalized spacial score (nSPS) is 17.0. The van der Waals surface area contributed by atoms with E-state index in [9.17, 15) is 22.2 Å². The number of carbonyl (C=O) groups is 1. The molecule has 1 aliphatic rings. The van der Waals surface area contributed by atoms with Crippen LogP contribution in [0.3, 0.4) is 0 Å². The average molecular weight is 566 g/mol. The fourth-order valence-corrected chi connectivity index (χ4v) is 6.00. The van der Waals surface area contributed by atoms with Gasteiger partial charge in [-0.05, 0) is 56.2 Å². The van der Waals surface area contributed by atoms with Crippen LogP contribution in [0.5, 0.6) is 0 Å². The van der Waals surface area contributed by atoms with Crippen LogP contribution in [0.4, 0.5) is 13.2 Å². The number of alkyl halides is 3. The Morgan fingerprint density at radius 1 is 1.16 bits per heavy atom. The highest BCUT2D eigenvalue weighted by Crippen LogP contribution is 2.31. The molecule has 6 nitrogen and oxygen atoms in total. The number of carbonyl (C=O) groups excluding carboxylic acids is 1. The largest absolute Gasteiger partial charge is 0.389 e. The average Bonchev–Trinajstić information content (AvgIpc) is 2.93. The summed E-state index contributed by atoms with van der Waals surface area (Å²) in [4.78, 5) is 14.6. The van der Waals surface area contributed by atoms with E-state index in [0.717, 1.165) is 24.9 Å². The number of methoxy groups -OCH3 is 1.